The van der Waals surface area contributed by atoms with Crippen LogP contribution >= 0.6 is 0 Å². The minimum absolute atomic E-state index is 1.37. The average Bonchev–Trinajstić information content (AvgIpc) is 3.00. The van der Waals surface area contributed by atoms with E-state index >= 15 is 0 Å². The van der Waals surface area contributed by atoms with Crippen LogP contribution in [0.2, 0.25) is 0 Å². The summed E-state index contributed by atoms with van der Waals surface area (Å²) in [5, 5.41) is 0. The van der Waals surface area contributed by atoms with E-state index in [2.05, 4.69) is 9.80 Å². The smallest absolute Gasteiger partial charge is 0.00183 e. The van der Waals surface area contributed by atoms with Gasteiger partial charge in [0.1, 0.15) is 0 Å². The highest BCUT2D eigenvalue weighted by Gasteiger charge is 2.11. The van der Waals surface area contributed by atoms with Crippen molar-refractivity contribution in [3.63, 3.8) is 0 Å². The van der Waals surface area contributed by atoms with Gasteiger partial charge in [0.05, 0.1) is 0 Å². The van der Waals surface area contributed by atoms with Gasteiger partial charge in [-0.1, -0.05) is 19.3 Å². The molecule has 2 heteroatoms. The first kappa shape index (κ1) is 13.4. The minimum Gasteiger partial charge on any atom is -0.303 e. The van der Waals surface area contributed by atoms with Gasteiger partial charge in [-0.05, 0) is 77.8 Å². The van der Waals surface area contributed by atoms with Crippen molar-refractivity contribution < 1.29 is 0 Å². The van der Waals surface area contributed by atoms with Crippen LogP contribution in [0.3, 0.4) is 0 Å². The Morgan fingerprint density at radius 1 is 0.471 bits per heavy atom. The van der Waals surface area contributed by atoms with Gasteiger partial charge in [0.2, 0.25) is 0 Å². The molecule has 2 saturated heterocycles. The van der Waals surface area contributed by atoms with E-state index in [-0.39, 0.29) is 0 Å². The van der Waals surface area contributed by atoms with Crippen LogP contribution in [0.5, 0.6) is 0 Å². The van der Waals surface area contributed by atoms with Gasteiger partial charge in [0.25, 0.3) is 0 Å². The highest BCUT2D eigenvalue weighted by atomic mass is 15.1. The van der Waals surface area contributed by atoms with Crippen LogP contribution in [0.1, 0.15) is 57.8 Å². The number of hydrogen-bond acceptors (Lipinski definition) is 2. The first-order valence-electron chi connectivity index (χ1n) is 7.90. The van der Waals surface area contributed by atoms with E-state index in [0.29, 0.717) is 0 Å². The third-order valence-electron chi connectivity index (χ3n) is 4.35. The summed E-state index contributed by atoms with van der Waals surface area (Å²) in [5.41, 5.74) is 0. The standard InChI is InChI=1S/C15H30N2/c1(2-4-10-16-12-6-7-13-16)3-5-11-17-14-8-9-15-17/h1-15H2. The summed E-state index contributed by atoms with van der Waals surface area (Å²) in [6.07, 6.45) is 13.0. The van der Waals surface area contributed by atoms with Crippen molar-refractivity contribution in [1.29, 1.82) is 0 Å². The molecule has 0 saturated carbocycles. The predicted molar refractivity (Wildman–Crippen MR) is 74.4 cm³/mol. The quantitative estimate of drug-likeness (QED) is 0.599. The largest absolute Gasteiger partial charge is 0.303 e. The van der Waals surface area contributed by atoms with Gasteiger partial charge in [-0.3, -0.25) is 0 Å². The molecular weight excluding hydrogens is 208 g/mol. The summed E-state index contributed by atoms with van der Waals surface area (Å²) in [5.74, 6) is 0. The summed E-state index contributed by atoms with van der Waals surface area (Å²) < 4.78 is 0. The Bertz CT molecular complexity index is 161. The maximum atomic E-state index is 2.64. The summed E-state index contributed by atoms with van der Waals surface area (Å²) in [4.78, 5) is 5.29. The zero-order valence-electron chi connectivity index (χ0n) is 11.5. The molecule has 2 rings (SSSR count). The number of likely N-dealkylation sites (tertiary alicyclic amines) is 2. The van der Waals surface area contributed by atoms with Crippen LogP contribution in [0.25, 0.3) is 0 Å². The molecule has 2 heterocycles. The van der Waals surface area contributed by atoms with Crippen molar-refractivity contribution in [3.8, 4) is 0 Å². The fourth-order valence-electron chi connectivity index (χ4n) is 3.21. The van der Waals surface area contributed by atoms with Crippen molar-refractivity contribution in [1.82, 2.24) is 9.80 Å². The summed E-state index contributed by atoms with van der Waals surface area (Å²) in [6.45, 7) is 8.21. The SMILES string of the molecule is C(CCCN1CCCC1)CCCN1CCCC1. The molecule has 0 unspecified atom stereocenters. The molecule has 2 nitrogen and oxygen atoms in total. The van der Waals surface area contributed by atoms with Crippen molar-refractivity contribution in [2.24, 2.45) is 0 Å². The van der Waals surface area contributed by atoms with E-state index in [4.69, 9.17) is 0 Å². The molecule has 0 spiro atoms. The summed E-state index contributed by atoms with van der Waals surface area (Å²) >= 11 is 0. The van der Waals surface area contributed by atoms with Crippen LogP contribution < -0.4 is 0 Å². The van der Waals surface area contributed by atoms with Crippen LogP contribution in [0.4, 0.5) is 0 Å². The highest BCUT2D eigenvalue weighted by molar-refractivity contribution is 4.67. The van der Waals surface area contributed by atoms with E-state index < -0.39 is 0 Å². The second-order valence-corrected chi connectivity index (χ2v) is 5.87. The predicted octanol–water partition coefficient (Wildman–Crippen LogP) is 3.13. The maximum absolute atomic E-state index is 2.64. The van der Waals surface area contributed by atoms with Crippen LogP contribution in [0.15, 0.2) is 0 Å². The maximum Gasteiger partial charge on any atom is -0.00183 e. The van der Waals surface area contributed by atoms with E-state index in [1.54, 1.807) is 0 Å². The zero-order valence-corrected chi connectivity index (χ0v) is 11.5. The molecule has 0 bridgehead atoms. The molecular formula is C15H30N2. The monoisotopic (exact) mass is 238 g/mol. The fraction of sp³-hybridized carbons (Fsp3) is 1.00. The van der Waals surface area contributed by atoms with E-state index in [9.17, 15) is 0 Å². The van der Waals surface area contributed by atoms with Gasteiger partial charge in [-0.25, -0.2) is 0 Å². The molecule has 17 heavy (non-hydrogen) atoms. The number of hydrogen-bond donors (Lipinski definition) is 0. The van der Waals surface area contributed by atoms with E-state index in [0.717, 1.165) is 0 Å². The molecule has 0 amide bonds. The zero-order chi connectivity index (χ0) is 11.8. The lowest BCUT2D eigenvalue weighted by Gasteiger charge is -2.15. The van der Waals surface area contributed by atoms with Crippen molar-refractivity contribution in [2.45, 2.75) is 57.8 Å². The molecule has 0 N–H and O–H groups in total. The van der Waals surface area contributed by atoms with Crippen molar-refractivity contribution in [3.05, 3.63) is 0 Å². The van der Waals surface area contributed by atoms with Crippen LogP contribution in [-0.4, -0.2) is 49.1 Å². The second kappa shape index (κ2) is 8.10. The summed E-state index contributed by atoms with van der Waals surface area (Å²) in [7, 11) is 0. The molecule has 2 aliphatic heterocycles. The molecule has 0 aliphatic carbocycles. The lowest BCUT2D eigenvalue weighted by molar-refractivity contribution is 0.317. The molecule has 2 fully saturated rings. The minimum atomic E-state index is 1.37. The molecule has 0 aromatic rings. The summed E-state index contributed by atoms with van der Waals surface area (Å²) in [6, 6.07) is 0. The van der Waals surface area contributed by atoms with Gasteiger partial charge in [0.15, 0.2) is 0 Å². The van der Waals surface area contributed by atoms with E-state index in [1.807, 2.05) is 0 Å². The third kappa shape index (κ3) is 5.39. The average molecular weight is 238 g/mol. The first-order valence-corrected chi connectivity index (χ1v) is 7.90. The molecule has 0 aromatic heterocycles. The second-order valence-electron chi connectivity index (χ2n) is 5.87. The number of rotatable bonds is 8. The normalized spacial score (nSPS) is 22.6. The van der Waals surface area contributed by atoms with Crippen LogP contribution in [0, 0.1) is 0 Å². The van der Waals surface area contributed by atoms with Crippen molar-refractivity contribution >= 4 is 0 Å². The highest BCUT2D eigenvalue weighted by Crippen LogP contribution is 2.12. The molecule has 0 aromatic carbocycles. The van der Waals surface area contributed by atoms with Gasteiger partial charge in [-0.2, -0.15) is 0 Å². The first-order chi connectivity index (χ1) is 8.45. The van der Waals surface area contributed by atoms with E-state index in [1.165, 1.54) is 97.1 Å². The van der Waals surface area contributed by atoms with Crippen LogP contribution in [-0.2, 0) is 0 Å². The number of unbranched alkanes of at least 4 members (excludes halogenated alkanes) is 4. The Morgan fingerprint density at radius 2 is 0.824 bits per heavy atom. The topological polar surface area (TPSA) is 6.48 Å². The Labute approximate surface area is 107 Å². The van der Waals surface area contributed by atoms with Gasteiger partial charge >= 0.3 is 0 Å². The van der Waals surface area contributed by atoms with Gasteiger partial charge in [0, 0.05) is 0 Å². The van der Waals surface area contributed by atoms with Gasteiger partial charge in [-0.15, -0.1) is 0 Å². The lowest BCUT2D eigenvalue weighted by atomic mass is 10.1. The Hall–Kier alpha value is -0.0800. The Kier molecular flexibility index (Phi) is 6.36. The Balaban J connectivity index is 1.33. The fourth-order valence-corrected chi connectivity index (χ4v) is 3.21. The molecule has 100 valence electrons. The Morgan fingerprint density at radius 3 is 1.24 bits per heavy atom. The van der Waals surface area contributed by atoms with Crippen molar-refractivity contribution in [2.75, 3.05) is 39.3 Å². The molecule has 2 aliphatic rings. The molecule has 0 radical (unpaired) electrons. The number of nitrogens with zero attached hydrogens (tertiary/aromatic N) is 2. The third-order valence-corrected chi connectivity index (χ3v) is 4.35. The van der Waals surface area contributed by atoms with Gasteiger partial charge < -0.3 is 9.80 Å². The lowest BCUT2D eigenvalue weighted by Crippen LogP contribution is -2.20. The molecule has 0 atom stereocenters.